The van der Waals surface area contributed by atoms with E-state index in [1.54, 1.807) is 6.92 Å². The molecule has 0 heterocycles. The van der Waals surface area contributed by atoms with Gasteiger partial charge in [-0.25, -0.2) is 8.78 Å². The van der Waals surface area contributed by atoms with Gasteiger partial charge >= 0.3 is 5.97 Å². The van der Waals surface area contributed by atoms with E-state index in [0.29, 0.717) is 12.5 Å². The lowest BCUT2D eigenvalue weighted by atomic mass is 9.93. The van der Waals surface area contributed by atoms with E-state index in [9.17, 15) is 18.7 Å². The lowest BCUT2D eigenvalue weighted by Gasteiger charge is -2.19. The maximum Gasteiger partial charge on any atom is 0.311 e. The van der Waals surface area contributed by atoms with Gasteiger partial charge in [0.1, 0.15) is 11.6 Å². The van der Waals surface area contributed by atoms with Crippen LogP contribution < -0.4 is 0 Å². The second-order valence-electron chi connectivity index (χ2n) is 3.65. The first-order chi connectivity index (χ1) is 8.01. The largest absolute Gasteiger partial charge is 0.469 e. The number of hydrogen-bond acceptors (Lipinski definition) is 3. The molecule has 94 valence electrons. The summed E-state index contributed by atoms with van der Waals surface area (Å²) in [5.41, 5.74) is -0.108. The van der Waals surface area contributed by atoms with E-state index in [0.717, 1.165) is 12.1 Å². The second-order valence-corrected chi connectivity index (χ2v) is 3.65. The van der Waals surface area contributed by atoms with Crippen molar-refractivity contribution in [2.45, 2.75) is 19.4 Å². The average molecular weight is 244 g/mol. The van der Waals surface area contributed by atoms with Crippen LogP contribution in [0.4, 0.5) is 8.78 Å². The minimum absolute atomic E-state index is 0.108. The van der Waals surface area contributed by atoms with Crippen LogP contribution in [0.3, 0.4) is 0 Å². The number of halogens is 2. The molecule has 1 aromatic carbocycles. The number of carbonyl (C=O) groups is 1. The van der Waals surface area contributed by atoms with Gasteiger partial charge in [-0.1, -0.05) is 13.0 Å². The van der Waals surface area contributed by atoms with Crippen molar-refractivity contribution in [1.82, 2.24) is 0 Å². The van der Waals surface area contributed by atoms with Gasteiger partial charge in [-0.05, 0) is 12.5 Å². The maximum atomic E-state index is 13.4. The molecule has 0 aliphatic rings. The molecule has 0 saturated heterocycles. The fourth-order valence-corrected chi connectivity index (χ4v) is 1.63. The summed E-state index contributed by atoms with van der Waals surface area (Å²) >= 11 is 0. The van der Waals surface area contributed by atoms with Crippen LogP contribution in [0.25, 0.3) is 0 Å². The van der Waals surface area contributed by atoms with Gasteiger partial charge in [-0.2, -0.15) is 0 Å². The predicted octanol–water partition coefficient (Wildman–Crippen LogP) is 2.20. The van der Waals surface area contributed by atoms with Gasteiger partial charge in [0.05, 0.1) is 19.1 Å². The molecule has 0 radical (unpaired) electrons. The molecular weight excluding hydrogens is 230 g/mol. The molecule has 3 nitrogen and oxygen atoms in total. The van der Waals surface area contributed by atoms with Crippen LogP contribution >= 0.6 is 0 Å². The Morgan fingerprint density at radius 2 is 2.12 bits per heavy atom. The summed E-state index contributed by atoms with van der Waals surface area (Å²) in [7, 11) is 1.19. The number of rotatable bonds is 4. The number of carbonyl (C=O) groups excluding carboxylic acids is 1. The molecule has 0 amide bonds. The van der Waals surface area contributed by atoms with Crippen LogP contribution in [0.5, 0.6) is 0 Å². The predicted molar refractivity (Wildman–Crippen MR) is 57.1 cm³/mol. The molecule has 0 spiro atoms. The van der Waals surface area contributed by atoms with E-state index in [1.807, 2.05) is 0 Å². The summed E-state index contributed by atoms with van der Waals surface area (Å²) in [5.74, 6) is -3.09. The van der Waals surface area contributed by atoms with Gasteiger partial charge in [-0.3, -0.25) is 4.79 Å². The van der Waals surface area contributed by atoms with Gasteiger partial charge in [0.2, 0.25) is 0 Å². The zero-order valence-electron chi connectivity index (χ0n) is 9.61. The minimum Gasteiger partial charge on any atom is -0.469 e. The highest BCUT2D eigenvalue weighted by Crippen LogP contribution is 2.27. The van der Waals surface area contributed by atoms with E-state index in [2.05, 4.69) is 4.74 Å². The van der Waals surface area contributed by atoms with Crippen molar-refractivity contribution in [3.8, 4) is 0 Å². The van der Waals surface area contributed by atoms with Crippen LogP contribution in [-0.2, 0) is 9.53 Å². The smallest absolute Gasteiger partial charge is 0.311 e. The maximum absolute atomic E-state index is 13.4. The third-order valence-electron chi connectivity index (χ3n) is 2.61. The van der Waals surface area contributed by atoms with Crippen LogP contribution in [0.15, 0.2) is 18.2 Å². The van der Waals surface area contributed by atoms with Gasteiger partial charge in [0.25, 0.3) is 0 Å². The lowest BCUT2D eigenvalue weighted by molar-refractivity contribution is -0.149. The quantitative estimate of drug-likeness (QED) is 0.826. The first kappa shape index (κ1) is 13.6. The molecule has 1 aromatic rings. The highest BCUT2D eigenvalue weighted by atomic mass is 19.1. The van der Waals surface area contributed by atoms with Gasteiger partial charge < -0.3 is 9.84 Å². The molecule has 1 rings (SSSR count). The molecular formula is C12H14F2O3. The van der Waals surface area contributed by atoms with Gasteiger partial charge in [0, 0.05) is 11.6 Å². The fraction of sp³-hybridized carbons (Fsp3) is 0.417. The number of benzene rings is 1. The number of ether oxygens (including phenoxy) is 1. The fourth-order valence-electron chi connectivity index (χ4n) is 1.63. The third-order valence-corrected chi connectivity index (χ3v) is 2.61. The third kappa shape index (κ3) is 3.00. The first-order valence-corrected chi connectivity index (χ1v) is 5.22. The van der Waals surface area contributed by atoms with Crippen molar-refractivity contribution in [1.29, 1.82) is 0 Å². The molecule has 0 saturated carbocycles. The average Bonchev–Trinajstić information content (AvgIpc) is 2.29. The number of hydrogen-bond donors (Lipinski definition) is 1. The van der Waals surface area contributed by atoms with Crippen molar-refractivity contribution in [3.63, 3.8) is 0 Å². The van der Waals surface area contributed by atoms with Crippen LogP contribution in [0, 0.1) is 17.6 Å². The normalized spacial score (nSPS) is 14.2. The Hall–Kier alpha value is -1.49. The van der Waals surface area contributed by atoms with E-state index in [-0.39, 0.29) is 5.56 Å². The van der Waals surface area contributed by atoms with Crippen LogP contribution in [-0.4, -0.2) is 18.2 Å². The van der Waals surface area contributed by atoms with Crippen molar-refractivity contribution in [3.05, 3.63) is 35.4 Å². The SMILES string of the molecule is CCC(C(=O)OC)C(O)c1ccc(F)cc1F. The molecule has 0 aliphatic heterocycles. The van der Waals surface area contributed by atoms with Crippen molar-refractivity contribution >= 4 is 5.97 Å². The number of aliphatic hydroxyl groups is 1. The van der Waals surface area contributed by atoms with Crippen LogP contribution in [0.1, 0.15) is 25.0 Å². The van der Waals surface area contributed by atoms with Crippen molar-refractivity contribution in [2.75, 3.05) is 7.11 Å². The molecule has 0 fully saturated rings. The summed E-state index contributed by atoms with van der Waals surface area (Å²) in [6, 6.07) is 2.83. The Bertz CT molecular complexity index is 407. The highest BCUT2D eigenvalue weighted by molar-refractivity contribution is 5.73. The zero-order valence-corrected chi connectivity index (χ0v) is 9.61. The Kier molecular flexibility index (Phi) is 4.57. The Morgan fingerprint density at radius 1 is 1.47 bits per heavy atom. The van der Waals surface area contributed by atoms with E-state index < -0.39 is 29.6 Å². The summed E-state index contributed by atoms with van der Waals surface area (Å²) in [5, 5.41) is 9.89. The van der Waals surface area contributed by atoms with Crippen molar-refractivity contribution < 1.29 is 23.4 Å². The molecule has 17 heavy (non-hydrogen) atoms. The van der Waals surface area contributed by atoms with Crippen LogP contribution in [0.2, 0.25) is 0 Å². The molecule has 2 unspecified atom stereocenters. The van der Waals surface area contributed by atoms with E-state index >= 15 is 0 Å². The second kappa shape index (κ2) is 5.72. The Morgan fingerprint density at radius 3 is 2.59 bits per heavy atom. The Labute approximate surface area is 98.0 Å². The zero-order chi connectivity index (χ0) is 13.0. The van der Waals surface area contributed by atoms with Crippen molar-refractivity contribution in [2.24, 2.45) is 5.92 Å². The summed E-state index contributed by atoms with van der Waals surface area (Å²) in [6.07, 6.45) is -1.04. The van der Waals surface area contributed by atoms with E-state index in [1.165, 1.54) is 7.11 Å². The minimum atomic E-state index is -1.34. The number of methoxy groups -OCH3 is 1. The Balaban J connectivity index is 3.01. The number of aliphatic hydroxyl groups excluding tert-OH is 1. The molecule has 5 heteroatoms. The summed E-state index contributed by atoms with van der Waals surface area (Å²) in [4.78, 5) is 11.4. The first-order valence-electron chi connectivity index (χ1n) is 5.22. The highest BCUT2D eigenvalue weighted by Gasteiger charge is 2.29. The summed E-state index contributed by atoms with van der Waals surface area (Å²) < 4.78 is 30.6. The molecule has 0 bridgehead atoms. The molecule has 0 aromatic heterocycles. The van der Waals surface area contributed by atoms with Gasteiger partial charge in [0.15, 0.2) is 0 Å². The number of esters is 1. The topological polar surface area (TPSA) is 46.5 Å². The van der Waals surface area contributed by atoms with E-state index in [4.69, 9.17) is 0 Å². The molecule has 0 aliphatic carbocycles. The molecule has 2 atom stereocenters. The lowest BCUT2D eigenvalue weighted by Crippen LogP contribution is -2.23. The molecule has 1 N–H and O–H groups in total. The monoisotopic (exact) mass is 244 g/mol. The van der Waals surface area contributed by atoms with Gasteiger partial charge in [-0.15, -0.1) is 0 Å². The summed E-state index contributed by atoms with van der Waals surface area (Å²) in [6.45, 7) is 1.67. The standard InChI is InChI=1S/C12H14F2O3/c1-3-8(12(16)17-2)11(15)9-5-4-7(13)6-10(9)14/h4-6,8,11,15H,3H2,1-2H3.